The van der Waals surface area contributed by atoms with Gasteiger partial charge in [0.15, 0.2) is 6.29 Å². The number of nitrogens with zero attached hydrogens (tertiary/aromatic N) is 1. The van der Waals surface area contributed by atoms with Crippen molar-refractivity contribution in [2.24, 2.45) is 0 Å². The Kier molecular flexibility index (Phi) is 6.10. The van der Waals surface area contributed by atoms with Gasteiger partial charge >= 0.3 is 0 Å². The Labute approximate surface area is 89.0 Å². The van der Waals surface area contributed by atoms with Gasteiger partial charge in [0.1, 0.15) is 24.4 Å². The number of ether oxygens (including phenoxy) is 1. The van der Waals surface area contributed by atoms with Crippen LogP contribution in [0.5, 0.6) is 0 Å². The van der Waals surface area contributed by atoms with Gasteiger partial charge in [0.25, 0.3) is 5.09 Å². The summed E-state index contributed by atoms with van der Waals surface area (Å²) < 4.78 is 4.58. The molecule has 1 saturated heterocycles. The van der Waals surface area contributed by atoms with Gasteiger partial charge in [-0.25, -0.2) is 0 Å². The van der Waals surface area contributed by atoms with E-state index >= 15 is 0 Å². The molecule has 1 rings (SSSR count). The predicted octanol–water partition coefficient (Wildman–Crippen LogP) is -3.57. The Morgan fingerprint density at radius 2 is 1.56 bits per heavy atom. The van der Waals surface area contributed by atoms with Gasteiger partial charge in [-0.05, 0) is 0 Å². The topological polar surface area (TPSA) is 174 Å². The number of aliphatic hydroxyl groups excluding tert-OH is 5. The van der Waals surface area contributed by atoms with E-state index in [1.54, 1.807) is 0 Å². The van der Waals surface area contributed by atoms with Gasteiger partial charge < -0.3 is 35.5 Å². The zero-order valence-corrected chi connectivity index (χ0v) is 7.95. The fourth-order valence-corrected chi connectivity index (χ4v) is 1.08. The zero-order chi connectivity index (χ0) is 12.9. The molecule has 0 amide bonds. The molecule has 6 N–H and O–H groups in total. The summed E-state index contributed by atoms with van der Waals surface area (Å²) >= 11 is 0. The molecule has 96 valence electrons. The maximum absolute atomic E-state index is 9.12. The van der Waals surface area contributed by atoms with Gasteiger partial charge in [-0.1, -0.05) is 0 Å². The highest BCUT2D eigenvalue weighted by Gasteiger charge is 2.42. The second kappa shape index (κ2) is 6.52. The highest BCUT2D eigenvalue weighted by atomic mass is 16.9. The lowest BCUT2D eigenvalue weighted by atomic mass is 10.00. The second-order valence-corrected chi connectivity index (χ2v) is 2.96. The largest absolute Gasteiger partial charge is 0.394 e. The Morgan fingerprint density at radius 3 is 1.94 bits per heavy atom. The van der Waals surface area contributed by atoms with Gasteiger partial charge in [0.2, 0.25) is 0 Å². The maximum Gasteiger partial charge on any atom is 0.291 e. The lowest BCUT2D eigenvalue weighted by molar-refractivity contribution is -0.742. The Hall–Kier alpha value is -1.04. The molecule has 0 bridgehead atoms. The first-order valence-corrected chi connectivity index (χ1v) is 4.13. The van der Waals surface area contributed by atoms with Crippen molar-refractivity contribution in [1.82, 2.24) is 0 Å². The molecule has 0 aromatic heterocycles. The molecule has 0 aliphatic carbocycles. The van der Waals surface area contributed by atoms with Crippen molar-refractivity contribution in [3.05, 3.63) is 10.1 Å². The smallest absolute Gasteiger partial charge is 0.291 e. The minimum atomic E-state index is -1.57. The van der Waals surface area contributed by atoms with E-state index in [2.05, 4.69) is 4.74 Å². The lowest BCUT2D eigenvalue weighted by Crippen LogP contribution is -2.58. The predicted molar refractivity (Wildman–Crippen MR) is 44.8 cm³/mol. The molecule has 1 heterocycles. The van der Waals surface area contributed by atoms with E-state index in [-0.39, 0.29) is 0 Å². The third kappa shape index (κ3) is 4.22. The van der Waals surface area contributed by atoms with Crippen LogP contribution >= 0.6 is 0 Å². The first-order valence-electron chi connectivity index (χ1n) is 4.13. The standard InChI is InChI=1S/C6H12O6.HNO3/c7-1-2-3(8)4(9)5(10)6(11)12-2;2-1(3)4/h2-11H,1H2;(H,2,3,4)/t2-,3-,4+,5+,6+;/m1./s1. The van der Waals surface area contributed by atoms with Crippen LogP contribution in [-0.4, -0.2) is 73.1 Å². The molecular weight excluding hydrogens is 230 g/mol. The minimum Gasteiger partial charge on any atom is -0.394 e. The van der Waals surface area contributed by atoms with E-state index < -0.39 is 42.4 Å². The third-order valence-corrected chi connectivity index (χ3v) is 1.87. The first-order chi connectivity index (χ1) is 7.31. The second-order valence-electron chi connectivity index (χ2n) is 2.96. The van der Waals surface area contributed by atoms with E-state index in [4.69, 9.17) is 40.9 Å². The number of hydrogen-bond donors (Lipinski definition) is 6. The number of rotatable bonds is 1. The molecule has 1 aliphatic rings. The number of aliphatic hydroxyl groups is 5. The van der Waals surface area contributed by atoms with Crippen LogP contribution in [0.25, 0.3) is 0 Å². The Balaban J connectivity index is 0.000000487. The van der Waals surface area contributed by atoms with Gasteiger partial charge in [0, 0.05) is 0 Å². The zero-order valence-electron chi connectivity index (χ0n) is 7.95. The van der Waals surface area contributed by atoms with Crippen molar-refractivity contribution in [3.8, 4) is 0 Å². The highest BCUT2D eigenvalue weighted by Crippen LogP contribution is 2.18. The first kappa shape index (κ1) is 15.0. The average Bonchev–Trinajstić information content (AvgIpc) is 2.19. The van der Waals surface area contributed by atoms with Crippen molar-refractivity contribution in [1.29, 1.82) is 0 Å². The van der Waals surface area contributed by atoms with Crippen LogP contribution < -0.4 is 0 Å². The van der Waals surface area contributed by atoms with E-state index in [0.717, 1.165) is 0 Å². The average molecular weight is 243 g/mol. The summed E-state index contributed by atoms with van der Waals surface area (Å²) in [7, 11) is 0. The van der Waals surface area contributed by atoms with E-state index in [1.165, 1.54) is 0 Å². The summed E-state index contributed by atoms with van der Waals surface area (Å²) in [5.41, 5.74) is 0. The van der Waals surface area contributed by atoms with Crippen LogP contribution in [0.15, 0.2) is 0 Å². The normalized spacial score (nSPS) is 38.4. The molecule has 10 nitrogen and oxygen atoms in total. The summed E-state index contributed by atoms with van der Waals surface area (Å²) in [4.78, 5) is 8.36. The molecule has 0 unspecified atom stereocenters. The third-order valence-electron chi connectivity index (χ3n) is 1.87. The molecule has 1 fully saturated rings. The van der Waals surface area contributed by atoms with Crippen molar-refractivity contribution in [3.63, 3.8) is 0 Å². The van der Waals surface area contributed by atoms with E-state index in [0.29, 0.717) is 0 Å². The molecule has 5 atom stereocenters. The van der Waals surface area contributed by atoms with Crippen LogP contribution in [-0.2, 0) is 4.74 Å². The molecule has 0 radical (unpaired) electrons. The molecule has 16 heavy (non-hydrogen) atoms. The molecule has 0 aromatic carbocycles. The molecule has 1 aliphatic heterocycles. The molecule has 0 saturated carbocycles. The summed E-state index contributed by atoms with van der Waals surface area (Å²) in [6.07, 6.45) is -7.04. The monoisotopic (exact) mass is 243 g/mol. The summed E-state index contributed by atoms with van der Waals surface area (Å²) in [6.45, 7) is -0.526. The fourth-order valence-electron chi connectivity index (χ4n) is 1.08. The highest BCUT2D eigenvalue weighted by molar-refractivity contribution is 4.87. The van der Waals surface area contributed by atoms with Gasteiger partial charge in [-0.2, -0.15) is 0 Å². The lowest BCUT2D eigenvalue weighted by Gasteiger charge is -2.37. The Bertz CT molecular complexity index is 215. The van der Waals surface area contributed by atoms with Crippen molar-refractivity contribution in [2.75, 3.05) is 6.61 Å². The van der Waals surface area contributed by atoms with Gasteiger partial charge in [0.05, 0.1) is 6.61 Å². The van der Waals surface area contributed by atoms with Crippen molar-refractivity contribution >= 4 is 0 Å². The Morgan fingerprint density at radius 1 is 1.12 bits per heavy atom. The quantitative estimate of drug-likeness (QED) is 0.201. The number of hydrogen-bond acceptors (Lipinski definition) is 8. The van der Waals surface area contributed by atoms with E-state index in [1.807, 2.05) is 0 Å². The molecule has 0 aromatic rings. The van der Waals surface area contributed by atoms with E-state index in [9.17, 15) is 0 Å². The van der Waals surface area contributed by atoms with Crippen LogP contribution in [0.1, 0.15) is 0 Å². The van der Waals surface area contributed by atoms with Gasteiger partial charge in [-0.15, -0.1) is 10.1 Å². The summed E-state index contributed by atoms with van der Waals surface area (Å²) in [6, 6.07) is 0. The molecule has 10 heteroatoms. The minimum absolute atomic E-state index is 0.526. The molecular formula is C6H13NO9. The fraction of sp³-hybridized carbons (Fsp3) is 1.00. The van der Waals surface area contributed by atoms with Crippen LogP contribution in [0, 0.1) is 10.1 Å². The van der Waals surface area contributed by atoms with Crippen LogP contribution in [0.4, 0.5) is 0 Å². The maximum atomic E-state index is 9.12. The van der Waals surface area contributed by atoms with Crippen molar-refractivity contribution in [2.45, 2.75) is 30.7 Å². The van der Waals surface area contributed by atoms with Gasteiger partial charge in [-0.3, -0.25) is 0 Å². The van der Waals surface area contributed by atoms with Crippen LogP contribution in [0.3, 0.4) is 0 Å². The van der Waals surface area contributed by atoms with Crippen molar-refractivity contribution < 1.29 is 40.6 Å². The summed E-state index contributed by atoms with van der Waals surface area (Å²) in [5, 5.41) is 58.3. The summed E-state index contributed by atoms with van der Waals surface area (Å²) in [5.74, 6) is 0. The SMILES string of the molecule is O=[N+]([O-])O.OC[C@H]1O[C@H](O)[C@@H](O)[C@@H](O)[C@@H]1O. The van der Waals surface area contributed by atoms with Crippen LogP contribution in [0.2, 0.25) is 0 Å². The molecule has 0 spiro atoms.